The number of hydrogen-bond donors (Lipinski definition) is 2. The molecule has 1 aromatic heterocycles. The van der Waals surface area contributed by atoms with Crippen LogP contribution in [0.2, 0.25) is 0 Å². The van der Waals surface area contributed by atoms with Crippen LogP contribution in [0.4, 0.5) is 4.79 Å². The van der Waals surface area contributed by atoms with Crippen molar-refractivity contribution in [2.75, 3.05) is 0 Å². The Balaban J connectivity index is 2.02. The number of primary amides is 1. The lowest BCUT2D eigenvalue weighted by Gasteiger charge is -2.18. The summed E-state index contributed by atoms with van der Waals surface area (Å²) in [5.74, 6) is 0. The third-order valence-electron chi connectivity index (χ3n) is 3.14. The summed E-state index contributed by atoms with van der Waals surface area (Å²) in [6.45, 7) is 6.70. The van der Waals surface area contributed by atoms with Crippen molar-refractivity contribution in [1.29, 1.82) is 0 Å². The van der Waals surface area contributed by atoms with Crippen LogP contribution in [-0.4, -0.2) is 16.3 Å². The fourth-order valence-corrected chi connectivity index (χ4v) is 4.00. The van der Waals surface area contributed by atoms with Gasteiger partial charge >= 0.3 is 6.03 Å². The third-order valence-corrected chi connectivity index (χ3v) is 5.35. The predicted molar refractivity (Wildman–Crippen MR) is 90.5 cm³/mol. The molecule has 0 aliphatic rings. The Bertz CT molecular complexity index is 645. The molecular formula is C16H20N2O2S2. The van der Waals surface area contributed by atoms with E-state index in [0.717, 1.165) is 14.0 Å². The number of carbonyl (C=O) groups is 1. The molecule has 3 N–H and O–H groups in total. The van der Waals surface area contributed by atoms with Crippen LogP contribution < -0.4 is 5.73 Å². The molecule has 2 rings (SSSR count). The molecule has 0 aliphatic carbocycles. The van der Waals surface area contributed by atoms with Crippen LogP contribution >= 0.6 is 23.1 Å². The van der Waals surface area contributed by atoms with E-state index in [0.29, 0.717) is 5.06 Å². The number of urea groups is 1. The fraction of sp³-hybridized carbons (Fsp3) is 0.312. The number of amides is 2. The van der Waals surface area contributed by atoms with E-state index in [4.69, 9.17) is 5.73 Å². The van der Waals surface area contributed by atoms with Crippen molar-refractivity contribution in [3.05, 3.63) is 46.8 Å². The van der Waals surface area contributed by atoms with E-state index in [-0.39, 0.29) is 12.0 Å². The molecule has 22 heavy (non-hydrogen) atoms. The number of carbonyl (C=O) groups excluding carboxylic acids is 1. The minimum atomic E-state index is -0.847. The summed E-state index contributed by atoms with van der Waals surface area (Å²) in [5.41, 5.74) is 6.46. The van der Waals surface area contributed by atoms with Gasteiger partial charge in [0.2, 0.25) is 0 Å². The Morgan fingerprint density at radius 3 is 2.41 bits per heavy atom. The van der Waals surface area contributed by atoms with E-state index in [1.54, 1.807) is 11.8 Å². The molecule has 0 bridgehead atoms. The maximum atomic E-state index is 10.8. The Morgan fingerprint density at radius 2 is 1.86 bits per heavy atom. The predicted octanol–water partition coefficient (Wildman–Crippen LogP) is 4.47. The van der Waals surface area contributed by atoms with Gasteiger partial charge in [-0.2, -0.15) is 0 Å². The zero-order chi connectivity index (χ0) is 16.3. The SMILES string of the molecule is CC(C)(C)c1ccc(Sc2ccc(CN(O)C(N)=O)s2)cc1. The highest BCUT2D eigenvalue weighted by molar-refractivity contribution is 8.01. The standard InChI is InChI=1S/C16H20N2O2S2/c1-16(2,3)11-4-6-12(7-5-11)21-14-9-8-13(22-14)10-18(20)15(17)19/h4-9,20H,10H2,1-3H3,(H2,17,19). The van der Waals surface area contributed by atoms with Crippen molar-refractivity contribution >= 4 is 29.1 Å². The molecule has 0 fully saturated rings. The summed E-state index contributed by atoms with van der Waals surface area (Å²) in [4.78, 5) is 12.9. The van der Waals surface area contributed by atoms with Gasteiger partial charge < -0.3 is 5.73 Å². The summed E-state index contributed by atoms with van der Waals surface area (Å²) in [6, 6.07) is 11.6. The number of nitrogens with zero attached hydrogens (tertiary/aromatic N) is 1. The average molecular weight is 336 g/mol. The minimum Gasteiger partial charge on any atom is -0.350 e. The number of hydrogen-bond acceptors (Lipinski definition) is 4. The molecule has 0 saturated carbocycles. The molecule has 0 spiro atoms. The van der Waals surface area contributed by atoms with Gasteiger partial charge in [0.15, 0.2) is 0 Å². The molecule has 0 radical (unpaired) electrons. The van der Waals surface area contributed by atoms with Crippen molar-refractivity contribution in [2.24, 2.45) is 5.73 Å². The van der Waals surface area contributed by atoms with Crippen LogP contribution in [0.15, 0.2) is 45.5 Å². The number of thiophene rings is 1. The Hall–Kier alpha value is -1.50. The molecule has 4 nitrogen and oxygen atoms in total. The van der Waals surface area contributed by atoms with Crippen molar-refractivity contribution in [2.45, 2.75) is 41.8 Å². The molecule has 0 saturated heterocycles. The Labute approximate surface area is 138 Å². The average Bonchev–Trinajstić information content (AvgIpc) is 2.85. The highest BCUT2D eigenvalue weighted by Gasteiger charge is 2.13. The summed E-state index contributed by atoms with van der Waals surface area (Å²) in [7, 11) is 0. The lowest BCUT2D eigenvalue weighted by Crippen LogP contribution is -2.31. The van der Waals surface area contributed by atoms with Crippen molar-refractivity contribution in [1.82, 2.24) is 5.06 Å². The van der Waals surface area contributed by atoms with Crippen molar-refractivity contribution in [3.8, 4) is 0 Å². The first-order chi connectivity index (χ1) is 10.3. The second-order valence-electron chi connectivity index (χ2n) is 5.99. The smallest absolute Gasteiger partial charge is 0.338 e. The molecule has 1 aromatic carbocycles. The van der Waals surface area contributed by atoms with Gasteiger partial charge in [0.1, 0.15) is 0 Å². The summed E-state index contributed by atoms with van der Waals surface area (Å²) < 4.78 is 1.11. The summed E-state index contributed by atoms with van der Waals surface area (Å²) >= 11 is 3.20. The van der Waals surface area contributed by atoms with Gasteiger partial charge in [-0.1, -0.05) is 44.7 Å². The lowest BCUT2D eigenvalue weighted by atomic mass is 9.87. The second-order valence-corrected chi connectivity index (χ2v) is 8.54. The molecule has 2 aromatic rings. The zero-order valence-corrected chi connectivity index (χ0v) is 14.5. The summed E-state index contributed by atoms with van der Waals surface area (Å²) in [6.07, 6.45) is 0. The highest BCUT2D eigenvalue weighted by Crippen LogP contribution is 2.34. The highest BCUT2D eigenvalue weighted by atomic mass is 32.2. The molecule has 0 aliphatic heterocycles. The van der Waals surface area contributed by atoms with E-state index in [2.05, 4.69) is 45.0 Å². The van der Waals surface area contributed by atoms with Crippen LogP contribution in [0.1, 0.15) is 31.2 Å². The Kier molecular flexibility index (Phi) is 5.16. The number of hydroxylamine groups is 2. The van der Waals surface area contributed by atoms with Crippen LogP contribution in [0.3, 0.4) is 0 Å². The molecular weight excluding hydrogens is 316 g/mol. The maximum absolute atomic E-state index is 10.8. The quantitative estimate of drug-likeness (QED) is 0.639. The molecule has 2 amide bonds. The van der Waals surface area contributed by atoms with Gasteiger partial charge in [-0.25, -0.2) is 9.86 Å². The second kappa shape index (κ2) is 6.73. The van der Waals surface area contributed by atoms with Gasteiger partial charge in [-0.15, -0.1) is 11.3 Å². The molecule has 1 heterocycles. The first-order valence-electron chi connectivity index (χ1n) is 6.88. The van der Waals surface area contributed by atoms with E-state index in [9.17, 15) is 10.0 Å². The van der Waals surface area contributed by atoms with Gasteiger partial charge in [0.05, 0.1) is 10.8 Å². The van der Waals surface area contributed by atoms with Gasteiger partial charge in [0, 0.05) is 9.77 Å². The third kappa shape index (κ3) is 4.50. The fourth-order valence-electron chi connectivity index (χ4n) is 1.86. The van der Waals surface area contributed by atoms with Crippen LogP contribution in [0, 0.1) is 0 Å². The monoisotopic (exact) mass is 336 g/mol. The van der Waals surface area contributed by atoms with Crippen LogP contribution in [0.5, 0.6) is 0 Å². The van der Waals surface area contributed by atoms with E-state index in [1.807, 2.05) is 12.1 Å². The topological polar surface area (TPSA) is 66.6 Å². The molecule has 118 valence electrons. The number of benzene rings is 1. The molecule has 0 atom stereocenters. The van der Waals surface area contributed by atoms with Gasteiger partial charge in [-0.3, -0.25) is 5.21 Å². The van der Waals surface area contributed by atoms with Gasteiger partial charge in [0.25, 0.3) is 0 Å². The van der Waals surface area contributed by atoms with Crippen LogP contribution in [-0.2, 0) is 12.0 Å². The summed E-state index contributed by atoms with van der Waals surface area (Å²) in [5, 5.41) is 9.86. The van der Waals surface area contributed by atoms with E-state index >= 15 is 0 Å². The minimum absolute atomic E-state index is 0.115. The zero-order valence-electron chi connectivity index (χ0n) is 12.9. The number of nitrogens with two attached hydrogens (primary N) is 1. The van der Waals surface area contributed by atoms with Crippen LogP contribution in [0.25, 0.3) is 0 Å². The Morgan fingerprint density at radius 1 is 1.23 bits per heavy atom. The van der Waals surface area contributed by atoms with Crippen molar-refractivity contribution < 1.29 is 10.0 Å². The molecule has 0 unspecified atom stereocenters. The number of rotatable bonds is 4. The van der Waals surface area contributed by atoms with E-state index in [1.165, 1.54) is 16.9 Å². The first kappa shape index (κ1) is 16.9. The molecule has 6 heteroatoms. The largest absolute Gasteiger partial charge is 0.350 e. The first-order valence-corrected chi connectivity index (χ1v) is 8.52. The lowest BCUT2D eigenvalue weighted by molar-refractivity contribution is -0.0462. The maximum Gasteiger partial charge on any atom is 0.338 e. The van der Waals surface area contributed by atoms with Gasteiger partial charge in [-0.05, 0) is 35.2 Å². The van der Waals surface area contributed by atoms with E-state index < -0.39 is 6.03 Å². The van der Waals surface area contributed by atoms with Crippen molar-refractivity contribution in [3.63, 3.8) is 0 Å². The normalized spacial score (nSPS) is 11.5.